The van der Waals surface area contributed by atoms with Crippen LogP contribution < -0.4 is 5.32 Å². The number of piperidine rings is 1. The Bertz CT molecular complexity index is 535. The molecule has 1 N–H and O–H groups in total. The van der Waals surface area contributed by atoms with Gasteiger partial charge in [0.2, 0.25) is 10.0 Å². The predicted octanol–water partition coefficient (Wildman–Crippen LogP) is 2.37. The van der Waals surface area contributed by atoms with Crippen LogP contribution >= 0.6 is 23.2 Å². The van der Waals surface area contributed by atoms with E-state index in [1.165, 1.54) is 22.5 Å². The summed E-state index contributed by atoms with van der Waals surface area (Å²) in [5, 5.41) is 3.83. The number of halogens is 2. The van der Waals surface area contributed by atoms with Gasteiger partial charge in [0.25, 0.3) is 0 Å². The maximum atomic E-state index is 12.5. The number of benzene rings is 1. The zero-order valence-electron chi connectivity index (χ0n) is 10.6. The fourth-order valence-corrected chi connectivity index (χ4v) is 4.41. The minimum atomic E-state index is -3.50. The van der Waals surface area contributed by atoms with Gasteiger partial charge < -0.3 is 5.32 Å². The average molecular weight is 323 g/mol. The third-order valence-corrected chi connectivity index (χ3v) is 5.65. The third-order valence-electron chi connectivity index (χ3n) is 3.34. The molecule has 1 fully saturated rings. The van der Waals surface area contributed by atoms with Crippen LogP contribution in [0.25, 0.3) is 0 Å². The number of hydrogen-bond acceptors (Lipinski definition) is 3. The molecular weight excluding hydrogens is 307 g/mol. The molecule has 1 aromatic carbocycles. The highest BCUT2D eigenvalue weighted by Gasteiger charge is 2.29. The SMILES string of the molecule is CNC1CCN(S(=O)(=O)c2cc(Cl)cc(Cl)c2)CC1. The zero-order valence-corrected chi connectivity index (χ0v) is 12.9. The summed E-state index contributed by atoms with van der Waals surface area (Å²) in [6, 6.07) is 4.78. The molecule has 1 aliphatic rings. The van der Waals surface area contributed by atoms with Crippen molar-refractivity contribution in [3.63, 3.8) is 0 Å². The number of hydrogen-bond donors (Lipinski definition) is 1. The van der Waals surface area contributed by atoms with E-state index >= 15 is 0 Å². The van der Waals surface area contributed by atoms with Crippen LogP contribution in [0.15, 0.2) is 23.1 Å². The summed E-state index contributed by atoms with van der Waals surface area (Å²) in [6.07, 6.45) is 1.62. The molecule has 0 saturated carbocycles. The Hall–Kier alpha value is -0.330. The molecule has 7 heteroatoms. The largest absolute Gasteiger partial charge is 0.317 e. The molecule has 1 saturated heterocycles. The fraction of sp³-hybridized carbons (Fsp3) is 0.500. The minimum absolute atomic E-state index is 0.160. The summed E-state index contributed by atoms with van der Waals surface area (Å²) in [5.41, 5.74) is 0. The van der Waals surface area contributed by atoms with E-state index in [0.29, 0.717) is 29.2 Å². The first kappa shape index (κ1) is 15.1. The third kappa shape index (κ3) is 3.41. The van der Waals surface area contributed by atoms with Crippen LogP contribution in [0, 0.1) is 0 Å². The molecule has 0 amide bonds. The van der Waals surface area contributed by atoms with Gasteiger partial charge in [-0.05, 0) is 38.1 Å². The van der Waals surface area contributed by atoms with Gasteiger partial charge in [-0.3, -0.25) is 0 Å². The minimum Gasteiger partial charge on any atom is -0.317 e. The molecule has 0 spiro atoms. The first-order chi connectivity index (χ1) is 8.93. The van der Waals surface area contributed by atoms with Gasteiger partial charge in [-0.25, -0.2) is 8.42 Å². The van der Waals surface area contributed by atoms with E-state index in [4.69, 9.17) is 23.2 Å². The molecule has 0 atom stereocenters. The molecule has 1 aliphatic heterocycles. The summed E-state index contributed by atoms with van der Waals surface area (Å²) >= 11 is 11.7. The number of nitrogens with one attached hydrogen (secondary N) is 1. The summed E-state index contributed by atoms with van der Waals surface area (Å²) in [5.74, 6) is 0. The zero-order chi connectivity index (χ0) is 14.0. The van der Waals surface area contributed by atoms with E-state index in [1.807, 2.05) is 7.05 Å². The van der Waals surface area contributed by atoms with Gasteiger partial charge in [-0.1, -0.05) is 23.2 Å². The van der Waals surface area contributed by atoms with Gasteiger partial charge in [0, 0.05) is 29.2 Å². The monoisotopic (exact) mass is 322 g/mol. The summed E-state index contributed by atoms with van der Waals surface area (Å²) < 4.78 is 26.4. The Balaban J connectivity index is 2.23. The van der Waals surface area contributed by atoms with Crippen LogP contribution in [0.1, 0.15) is 12.8 Å². The first-order valence-corrected chi connectivity index (χ1v) is 8.26. The molecule has 2 rings (SSSR count). The highest BCUT2D eigenvalue weighted by atomic mass is 35.5. The summed E-state index contributed by atoms with van der Waals surface area (Å²) in [7, 11) is -1.61. The quantitative estimate of drug-likeness (QED) is 0.929. The van der Waals surface area contributed by atoms with Crippen LogP contribution in [-0.2, 0) is 10.0 Å². The van der Waals surface area contributed by atoms with Gasteiger partial charge in [0.15, 0.2) is 0 Å². The molecule has 0 unspecified atom stereocenters. The van der Waals surface area contributed by atoms with Crippen LogP contribution in [0.5, 0.6) is 0 Å². The van der Waals surface area contributed by atoms with Gasteiger partial charge in [0.1, 0.15) is 0 Å². The Morgan fingerprint density at radius 1 is 1.16 bits per heavy atom. The normalized spacial score (nSPS) is 18.7. The maximum Gasteiger partial charge on any atom is 0.243 e. The Labute approximate surface area is 123 Å². The second-order valence-corrected chi connectivity index (χ2v) is 7.38. The van der Waals surface area contributed by atoms with Crippen molar-refractivity contribution in [2.24, 2.45) is 0 Å². The number of sulfonamides is 1. The van der Waals surface area contributed by atoms with Gasteiger partial charge in [-0.15, -0.1) is 0 Å². The standard InChI is InChI=1S/C12H16Cl2N2O2S/c1-15-11-2-4-16(5-3-11)19(17,18)12-7-9(13)6-10(14)8-12/h6-8,11,15H,2-5H2,1H3. The smallest absolute Gasteiger partial charge is 0.243 e. The molecule has 4 nitrogen and oxygen atoms in total. The highest BCUT2D eigenvalue weighted by Crippen LogP contribution is 2.26. The molecule has 1 aromatic rings. The lowest BCUT2D eigenvalue weighted by atomic mass is 10.1. The fourth-order valence-electron chi connectivity index (χ4n) is 2.21. The maximum absolute atomic E-state index is 12.5. The first-order valence-electron chi connectivity index (χ1n) is 6.07. The molecule has 1 heterocycles. The van der Waals surface area contributed by atoms with E-state index in [1.54, 1.807) is 0 Å². The van der Waals surface area contributed by atoms with E-state index < -0.39 is 10.0 Å². The highest BCUT2D eigenvalue weighted by molar-refractivity contribution is 7.89. The predicted molar refractivity (Wildman–Crippen MR) is 77.3 cm³/mol. The van der Waals surface area contributed by atoms with E-state index in [-0.39, 0.29) is 4.90 Å². The van der Waals surface area contributed by atoms with E-state index in [0.717, 1.165) is 12.8 Å². The van der Waals surface area contributed by atoms with E-state index in [9.17, 15) is 8.42 Å². The Morgan fingerprint density at radius 2 is 1.68 bits per heavy atom. The topological polar surface area (TPSA) is 49.4 Å². The van der Waals surface area contributed by atoms with Crippen molar-refractivity contribution < 1.29 is 8.42 Å². The van der Waals surface area contributed by atoms with Crippen molar-refractivity contribution in [1.82, 2.24) is 9.62 Å². The van der Waals surface area contributed by atoms with Crippen molar-refractivity contribution in [2.45, 2.75) is 23.8 Å². The molecule has 0 aromatic heterocycles. The van der Waals surface area contributed by atoms with Crippen molar-refractivity contribution in [3.05, 3.63) is 28.2 Å². The van der Waals surface area contributed by atoms with Gasteiger partial charge in [-0.2, -0.15) is 4.31 Å². The molecule has 0 radical (unpaired) electrons. The average Bonchev–Trinajstić information content (AvgIpc) is 2.37. The molecule has 0 aliphatic carbocycles. The van der Waals surface area contributed by atoms with Crippen LogP contribution in [0.2, 0.25) is 10.0 Å². The summed E-state index contributed by atoms with van der Waals surface area (Å²) in [4.78, 5) is 0.160. The van der Waals surface area contributed by atoms with Gasteiger partial charge >= 0.3 is 0 Å². The second-order valence-electron chi connectivity index (χ2n) is 4.57. The van der Waals surface area contributed by atoms with Crippen molar-refractivity contribution in [2.75, 3.05) is 20.1 Å². The van der Waals surface area contributed by atoms with Crippen molar-refractivity contribution in [1.29, 1.82) is 0 Å². The van der Waals surface area contributed by atoms with Crippen molar-refractivity contribution in [3.8, 4) is 0 Å². The lowest BCUT2D eigenvalue weighted by Gasteiger charge is -2.31. The van der Waals surface area contributed by atoms with Crippen LogP contribution in [-0.4, -0.2) is 38.9 Å². The Morgan fingerprint density at radius 3 is 2.16 bits per heavy atom. The molecular formula is C12H16Cl2N2O2S. The molecule has 19 heavy (non-hydrogen) atoms. The van der Waals surface area contributed by atoms with Gasteiger partial charge in [0.05, 0.1) is 4.90 Å². The molecule has 0 bridgehead atoms. The Kier molecular flexibility index (Phi) is 4.74. The van der Waals surface area contributed by atoms with E-state index in [2.05, 4.69) is 5.32 Å². The number of nitrogens with zero attached hydrogens (tertiary/aromatic N) is 1. The molecule has 106 valence electrons. The number of rotatable bonds is 3. The summed E-state index contributed by atoms with van der Waals surface area (Å²) in [6.45, 7) is 1.02. The van der Waals surface area contributed by atoms with Crippen LogP contribution in [0.3, 0.4) is 0 Å². The lowest BCUT2D eigenvalue weighted by Crippen LogP contribution is -2.43. The van der Waals surface area contributed by atoms with Crippen molar-refractivity contribution >= 4 is 33.2 Å². The second kappa shape index (κ2) is 5.97. The lowest BCUT2D eigenvalue weighted by molar-refractivity contribution is 0.298. The van der Waals surface area contributed by atoms with Crippen LogP contribution in [0.4, 0.5) is 0 Å².